The maximum Gasteiger partial charge on any atom is 0.307 e. The fourth-order valence-electron chi connectivity index (χ4n) is 3.00. The molecule has 0 atom stereocenters. The minimum Gasteiger partial charge on any atom is -0.497 e. The molecule has 1 aliphatic heterocycles. The molecule has 0 aliphatic carbocycles. The van der Waals surface area contributed by atoms with Crippen LogP contribution in [0.3, 0.4) is 0 Å². The number of carboxylic acids is 1. The molecule has 3 rings (SSSR count). The molecule has 130 valence electrons. The SMILES string of the molecule is COc1ccc(C(=O)c2c(OC)c(CC(=O)O)cc3c2OCC3)cc1. The molecule has 25 heavy (non-hydrogen) atoms. The summed E-state index contributed by atoms with van der Waals surface area (Å²) in [5.41, 5.74) is 2.02. The number of aliphatic carboxylic acids is 1. The van der Waals surface area contributed by atoms with Gasteiger partial charge in [0.1, 0.15) is 22.8 Å². The Labute approximate surface area is 144 Å². The summed E-state index contributed by atoms with van der Waals surface area (Å²) < 4.78 is 16.2. The van der Waals surface area contributed by atoms with E-state index in [1.807, 2.05) is 0 Å². The van der Waals surface area contributed by atoms with Crippen molar-refractivity contribution in [2.24, 2.45) is 0 Å². The molecule has 1 N–H and O–H groups in total. The summed E-state index contributed by atoms with van der Waals surface area (Å²) in [5, 5.41) is 9.15. The minimum absolute atomic E-state index is 0.223. The summed E-state index contributed by atoms with van der Waals surface area (Å²) in [6, 6.07) is 8.46. The molecule has 6 heteroatoms. The second-order valence-corrected chi connectivity index (χ2v) is 5.66. The lowest BCUT2D eigenvalue weighted by atomic mass is 9.94. The monoisotopic (exact) mass is 342 g/mol. The Balaban J connectivity index is 2.14. The molecular formula is C19H18O6. The number of ether oxygens (including phenoxy) is 3. The molecule has 2 aromatic carbocycles. The van der Waals surface area contributed by atoms with E-state index in [0.717, 1.165) is 5.56 Å². The molecule has 0 spiro atoms. The molecule has 0 fully saturated rings. The molecule has 2 aromatic rings. The highest BCUT2D eigenvalue weighted by Gasteiger charge is 2.29. The predicted octanol–water partition coefficient (Wildman–Crippen LogP) is 2.50. The summed E-state index contributed by atoms with van der Waals surface area (Å²) in [7, 11) is 2.97. The van der Waals surface area contributed by atoms with Crippen LogP contribution in [0.1, 0.15) is 27.0 Å². The van der Waals surface area contributed by atoms with E-state index in [4.69, 9.17) is 19.3 Å². The predicted molar refractivity (Wildman–Crippen MR) is 90.0 cm³/mol. The maximum absolute atomic E-state index is 13.1. The standard InChI is InChI=1S/C19H18O6/c1-23-14-5-3-11(4-6-14)17(22)16-18(24-2)13(10-15(20)21)9-12-7-8-25-19(12)16/h3-6,9H,7-8,10H2,1-2H3,(H,20,21). The van der Waals surface area contributed by atoms with Crippen LogP contribution in [0.4, 0.5) is 0 Å². The van der Waals surface area contributed by atoms with Crippen LogP contribution in [0.25, 0.3) is 0 Å². The molecule has 0 radical (unpaired) electrons. The first kappa shape index (κ1) is 16.8. The van der Waals surface area contributed by atoms with Crippen molar-refractivity contribution in [3.05, 3.63) is 52.6 Å². The van der Waals surface area contributed by atoms with Gasteiger partial charge in [-0.05, 0) is 35.9 Å². The van der Waals surface area contributed by atoms with Crippen LogP contribution in [0.15, 0.2) is 30.3 Å². The highest BCUT2D eigenvalue weighted by atomic mass is 16.5. The van der Waals surface area contributed by atoms with Gasteiger partial charge in [0.2, 0.25) is 5.78 Å². The van der Waals surface area contributed by atoms with Crippen molar-refractivity contribution in [2.45, 2.75) is 12.8 Å². The van der Waals surface area contributed by atoms with Gasteiger partial charge in [-0.15, -0.1) is 0 Å². The number of methoxy groups -OCH3 is 2. The average molecular weight is 342 g/mol. The van der Waals surface area contributed by atoms with Crippen molar-refractivity contribution in [2.75, 3.05) is 20.8 Å². The lowest BCUT2D eigenvalue weighted by Gasteiger charge is -2.16. The maximum atomic E-state index is 13.1. The van der Waals surface area contributed by atoms with Crippen molar-refractivity contribution in [1.29, 1.82) is 0 Å². The number of carbonyl (C=O) groups is 2. The van der Waals surface area contributed by atoms with Gasteiger partial charge in [-0.1, -0.05) is 0 Å². The van der Waals surface area contributed by atoms with Crippen molar-refractivity contribution < 1.29 is 28.9 Å². The molecule has 0 saturated carbocycles. The normalized spacial score (nSPS) is 12.2. The Morgan fingerprint density at radius 2 is 1.88 bits per heavy atom. The Hall–Kier alpha value is -3.02. The zero-order valence-electron chi connectivity index (χ0n) is 14.0. The third-order valence-corrected chi connectivity index (χ3v) is 4.13. The first-order valence-corrected chi connectivity index (χ1v) is 7.81. The molecular weight excluding hydrogens is 324 g/mol. The van der Waals surface area contributed by atoms with Crippen molar-refractivity contribution >= 4 is 11.8 Å². The molecule has 0 saturated heterocycles. The van der Waals surface area contributed by atoms with E-state index in [1.165, 1.54) is 7.11 Å². The van der Waals surface area contributed by atoms with Crippen molar-refractivity contribution in [1.82, 2.24) is 0 Å². The van der Waals surface area contributed by atoms with Crippen molar-refractivity contribution in [3.63, 3.8) is 0 Å². The van der Waals surface area contributed by atoms with Gasteiger partial charge in [0.15, 0.2) is 0 Å². The Morgan fingerprint density at radius 3 is 2.48 bits per heavy atom. The Morgan fingerprint density at radius 1 is 1.16 bits per heavy atom. The second-order valence-electron chi connectivity index (χ2n) is 5.66. The number of benzene rings is 2. The quantitative estimate of drug-likeness (QED) is 0.812. The van der Waals surface area contributed by atoms with E-state index in [-0.39, 0.29) is 23.5 Å². The third-order valence-electron chi connectivity index (χ3n) is 4.13. The van der Waals surface area contributed by atoms with Crippen LogP contribution >= 0.6 is 0 Å². The largest absolute Gasteiger partial charge is 0.497 e. The van der Waals surface area contributed by atoms with Gasteiger partial charge in [0.25, 0.3) is 0 Å². The zero-order valence-corrected chi connectivity index (χ0v) is 14.0. The van der Waals surface area contributed by atoms with Crippen LogP contribution in [0.5, 0.6) is 17.2 Å². The molecule has 6 nitrogen and oxygen atoms in total. The highest BCUT2D eigenvalue weighted by molar-refractivity contribution is 6.13. The summed E-state index contributed by atoms with van der Waals surface area (Å²) in [6.07, 6.45) is 0.411. The van der Waals surface area contributed by atoms with E-state index in [1.54, 1.807) is 37.4 Å². The Kier molecular flexibility index (Phi) is 4.61. The van der Waals surface area contributed by atoms with Gasteiger partial charge in [0, 0.05) is 17.5 Å². The highest BCUT2D eigenvalue weighted by Crippen LogP contribution is 2.40. The number of ketones is 1. The van der Waals surface area contributed by atoms with Gasteiger partial charge in [0.05, 0.1) is 27.2 Å². The van der Waals surface area contributed by atoms with Crippen LogP contribution in [-0.2, 0) is 17.6 Å². The van der Waals surface area contributed by atoms with Gasteiger partial charge >= 0.3 is 5.97 Å². The molecule has 1 heterocycles. The van der Waals surface area contributed by atoms with Crippen LogP contribution < -0.4 is 14.2 Å². The number of carboxylic acid groups (broad SMARTS) is 1. The number of fused-ring (bicyclic) bond motifs is 1. The zero-order chi connectivity index (χ0) is 18.0. The third kappa shape index (κ3) is 3.15. The van der Waals surface area contributed by atoms with Crippen LogP contribution in [0.2, 0.25) is 0 Å². The molecule has 1 aliphatic rings. The summed E-state index contributed by atoms with van der Waals surface area (Å²) in [6.45, 7) is 0.456. The topological polar surface area (TPSA) is 82.1 Å². The van der Waals surface area contributed by atoms with Gasteiger partial charge < -0.3 is 19.3 Å². The van der Waals surface area contributed by atoms with E-state index < -0.39 is 5.97 Å². The van der Waals surface area contributed by atoms with E-state index >= 15 is 0 Å². The molecule has 0 unspecified atom stereocenters. The fraction of sp³-hybridized carbons (Fsp3) is 0.263. The van der Waals surface area contributed by atoms with Crippen molar-refractivity contribution in [3.8, 4) is 17.2 Å². The van der Waals surface area contributed by atoms with Crippen LogP contribution in [-0.4, -0.2) is 37.7 Å². The van der Waals surface area contributed by atoms with E-state index in [0.29, 0.717) is 35.7 Å². The van der Waals surface area contributed by atoms with Gasteiger partial charge in [-0.3, -0.25) is 9.59 Å². The Bertz CT molecular complexity index is 823. The first-order valence-electron chi connectivity index (χ1n) is 7.81. The first-order chi connectivity index (χ1) is 12.0. The summed E-state index contributed by atoms with van der Waals surface area (Å²) in [5.74, 6) is 0.116. The number of rotatable bonds is 6. The van der Waals surface area contributed by atoms with Gasteiger partial charge in [-0.2, -0.15) is 0 Å². The smallest absolute Gasteiger partial charge is 0.307 e. The minimum atomic E-state index is -0.986. The molecule has 0 bridgehead atoms. The number of hydrogen-bond donors (Lipinski definition) is 1. The molecule has 0 amide bonds. The lowest BCUT2D eigenvalue weighted by molar-refractivity contribution is -0.136. The number of carbonyl (C=O) groups excluding carboxylic acids is 1. The van der Waals surface area contributed by atoms with Crippen LogP contribution in [0, 0.1) is 0 Å². The second kappa shape index (κ2) is 6.84. The van der Waals surface area contributed by atoms with E-state index in [2.05, 4.69) is 0 Å². The number of hydrogen-bond acceptors (Lipinski definition) is 5. The summed E-state index contributed by atoms with van der Waals surface area (Å²) >= 11 is 0. The lowest BCUT2D eigenvalue weighted by Crippen LogP contribution is -2.10. The molecule has 0 aromatic heterocycles. The van der Waals surface area contributed by atoms with E-state index in [9.17, 15) is 9.59 Å². The fourth-order valence-corrected chi connectivity index (χ4v) is 3.00. The average Bonchev–Trinajstić information content (AvgIpc) is 3.07. The van der Waals surface area contributed by atoms with Gasteiger partial charge in [-0.25, -0.2) is 0 Å². The summed E-state index contributed by atoms with van der Waals surface area (Å²) in [4.78, 5) is 24.2.